The molecule has 2 atom stereocenters. The van der Waals surface area contributed by atoms with Crippen LogP contribution in [0.5, 0.6) is 23.5 Å². The average Bonchev–Trinajstić information content (AvgIpc) is 3.00. The van der Waals surface area contributed by atoms with Crippen LogP contribution in [-0.4, -0.2) is 82.5 Å². The van der Waals surface area contributed by atoms with Gasteiger partial charge in [0.1, 0.15) is 6.61 Å². The SMILES string of the molecule is COc1cc(OC)nc(SC(COC(=O)c2ccc(C(=O)O)cc2CC(Sc2nc(OC)cc(OC)n2)C(C)(C)C)C(C)(C)C)n1. The van der Waals surface area contributed by atoms with Gasteiger partial charge >= 0.3 is 11.9 Å². The van der Waals surface area contributed by atoms with Crippen LogP contribution in [0.2, 0.25) is 0 Å². The number of rotatable bonds is 14. The van der Waals surface area contributed by atoms with Crippen molar-refractivity contribution >= 4 is 35.5 Å². The van der Waals surface area contributed by atoms with E-state index in [1.807, 2.05) is 20.8 Å². The molecule has 1 N–H and O–H groups in total. The monoisotopic (exact) mass is 674 g/mol. The first-order valence-corrected chi connectivity index (χ1v) is 16.1. The summed E-state index contributed by atoms with van der Waals surface area (Å²) in [5, 5.41) is 10.2. The Morgan fingerprint density at radius 3 is 1.54 bits per heavy atom. The third-order valence-electron chi connectivity index (χ3n) is 6.92. The normalized spacial score (nSPS) is 13.0. The largest absolute Gasteiger partial charge is 0.481 e. The Morgan fingerprint density at radius 2 is 1.15 bits per heavy atom. The highest BCUT2D eigenvalue weighted by Crippen LogP contribution is 2.39. The smallest absolute Gasteiger partial charge is 0.338 e. The van der Waals surface area contributed by atoms with Crippen molar-refractivity contribution in [2.24, 2.45) is 10.8 Å². The number of benzene rings is 1. The molecule has 0 saturated carbocycles. The van der Waals surface area contributed by atoms with E-state index in [0.717, 1.165) is 0 Å². The van der Waals surface area contributed by atoms with Gasteiger partial charge in [0.15, 0.2) is 10.3 Å². The summed E-state index contributed by atoms with van der Waals surface area (Å²) in [7, 11) is 6.04. The Kier molecular flexibility index (Phi) is 12.5. The molecule has 2 unspecified atom stereocenters. The van der Waals surface area contributed by atoms with Gasteiger partial charge in [-0.2, -0.15) is 19.9 Å². The molecule has 12 nitrogen and oxygen atoms in total. The molecule has 1 aromatic carbocycles. The van der Waals surface area contributed by atoms with Crippen LogP contribution in [0.15, 0.2) is 40.6 Å². The van der Waals surface area contributed by atoms with Gasteiger partial charge in [0.25, 0.3) is 0 Å². The topological polar surface area (TPSA) is 152 Å². The number of ether oxygens (including phenoxy) is 5. The van der Waals surface area contributed by atoms with Crippen LogP contribution >= 0.6 is 23.5 Å². The first-order valence-electron chi connectivity index (χ1n) is 14.4. The Morgan fingerprint density at radius 1 is 0.717 bits per heavy atom. The fraction of sp³-hybridized carbons (Fsp3) is 0.500. The van der Waals surface area contributed by atoms with E-state index >= 15 is 0 Å². The number of methoxy groups -OCH3 is 4. The van der Waals surface area contributed by atoms with Crippen molar-refractivity contribution in [3.05, 3.63) is 47.0 Å². The molecule has 0 amide bonds. The van der Waals surface area contributed by atoms with E-state index in [0.29, 0.717) is 45.8 Å². The quantitative estimate of drug-likeness (QED) is 0.119. The molecule has 2 heterocycles. The number of carbonyl (C=O) groups is 2. The third-order valence-corrected chi connectivity index (χ3v) is 10.00. The molecular weight excluding hydrogens is 633 g/mol. The first-order chi connectivity index (χ1) is 21.6. The van der Waals surface area contributed by atoms with Crippen LogP contribution in [0, 0.1) is 10.8 Å². The molecule has 0 aliphatic heterocycles. The van der Waals surface area contributed by atoms with Gasteiger partial charge in [-0.1, -0.05) is 65.1 Å². The van der Waals surface area contributed by atoms with Gasteiger partial charge in [-0.3, -0.25) is 0 Å². The lowest BCUT2D eigenvalue weighted by molar-refractivity contribution is 0.0472. The Labute approximate surface area is 278 Å². The van der Waals surface area contributed by atoms with Gasteiger partial charge < -0.3 is 28.8 Å². The fourth-order valence-corrected chi connectivity index (χ4v) is 6.24. The van der Waals surface area contributed by atoms with Crippen LogP contribution in [0.4, 0.5) is 0 Å². The molecule has 3 aromatic rings. The van der Waals surface area contributed by atoms with Gasteiger partial charge in [-0.25, -0.2) is 9.59 Å². The predicted molar refractivity (Wildman–Crippen MR) is 176 cm³/mol. The Balaban J connectivity index is 1.92. The minimum Gasteiger partial charge on any atom is -0.481 e. The van der Waals surface area contributed by atoms with E-state index in [1.54, 1.807) is 12.1 Å². The van der Waals surface area contributed by atoms with Crippen LogP contribution in [0.3, 0.4) is 0 Å². The van der Waals surface area contributed by atoms with Gasteiger partial charge in [-0.05, 0) is 41.0 Å². The summed E-state index contributed by atoms with van der Waals surface area (Å²) >= 11 is 2.74. The maximum absolute atomic E-state index is 13.7. The zero-order valence-electron chi connectivity index (χ0n) is 27.9. The molecule has 250 valence electrons. The average molecular weight is 675 g/mol. The van der Waals surface area contributed by atoms with Crippen molar-refractivity contribution in [2.75, 3.05) is 35.0 Å². The third kappa shape index (κ3) is 10.1. The van der Waals surface area contributed by atoms with Gasteiger partial charge in [0.2, 0.25) is 23.5 Å². The number of esters is 1. The molecule has 0 bridgehead atoms. The van der Waals surface area contributed by atoms with Crippen LogP contribution in [0.25, 0.3) is 0 Å². The van der Waals surface area contributed by atoms with Crippen LogP contribution < -0.4 is 18.9 Å². The summed E-state index contributed by atoms with van der Waals surface area (Å²) in [6.07, 6.45) is 0.331. The zero-order chi connectivity index (χ0) is 34.2. The predicted octanol–water partition coefficient (Wildman–Crippen LogP) is 6.11. The maximum atomic E-state index is 13.7. The number of carboxylic acid groups (broad SMARTS) is 1. The molecule has 3 rings (SSSR count). The molecule has 0 fully saturated rings. The summed E-state index contributed by atoms with van der Waals surface area (Å²) in [5.41, 5.74) is 0.257. The number of hydrogen-bond acceptors (Lipinski definition) is 13. The molecule has 2 aromatic heterocycles. The van der Waals surface area contributed by atoms with E-state index in [1.165, 1.54) is 70.2 Å². The first kappa shape index (κ1) is 36.7. The Hall–Kier alpha value is -3.78. The van der Waals surface area contributed by atoms with E-state index in [-0.39, 0.29) is 39.1 Å². The molecule has 46 heavy (non-hydrogen) atoms. The van der Waals surface area contributed by atoms with Gasteiger partial charge in [-0.15, -0.1) is 0 Å². The van der Waals surface area contributed by atoms with E-state index in [9.17, 15) is 14.7 Å². The number of aromatic nitrogens is 4. The number of carboxylic acids is 1. The molecular formula is C32H42N4O8S2. The molecule has 0 radical (unpaired) electrons. The van der Waals surface area contributed by atoms with E-state index in [2.05, 4.69) is 40.7 Å². The Bertz CT molecular complexity index is 1480. The highest BCUT2D eigenvalue weighted by Gasteiger charge is 2.32. The van der Waals surface area contributed by atoms with Crippen molar-refractivity contribution in [3.8, 4) is 23.5 Å². The summed E-state index contributed by atoms with van der Waals surface area (Å²) in [6.45, 7) is 12.3. The molecule has 0 spiro atoms. The minimum atomic E-state index is -1.10. The molecule has 0 aliphatic rings. The molecule has 0 saturated heterocycles. The lowest BCUT2D eigenvalue weighted by atomic mass is 9.86. The van der Waals surface area contributed by atoms with Gasteiger partial charge in [0, 0.05) is 5.25 Å². The van der Waals surface area contributed by atoms with Crippen LogP contribution in [-0.2, 0) is 11.2 Å². The fourth-order valence-electron chi connectivity index (χ4n) is 4.05. The minimum absolute atomic E-state index is 0.0465. The number of carbonyl (C=O) groups excluding carboxylic acids is 1. The second-order valence-corrected chi connectivity index (χ2v) is 14.7. The number of thioether (sulfide) groups is 2. The lowest BCUT2D eigenvalue weighted by Gasteiger charge is -2.31. The van der Waals surface area contributed by atoms with Crippen molar-refractivity contribution in [1.82, 2.24) is 19.9 Å². The highest BCUT2D eigenvalue weighted by atomic mass is 32.2. The standard InChI is InChI=1S/C32H42N4O8S2/c1-31(2,3)21(45-29-33-23(40-7)15-24(34-29)41-8)14-19-13-18(27(37)38)11-12-20(19)28(39)44-17-22(32(4,5)6)46-30-35-25(42-9)16-26(36-30)43-10/h11-13,15-16,21-22H,14,17H2,1-10H3,(H,37,38). The molecule has 14 heteroatoms. The van der Waals surface area contributed by atoms with Crippen molar-refractivity contribution in [1.29, 1.82) is 0 Å². The summed E-state index contributed by atoms with van der Waals surface area (Å²) < 4.78 is 27.1. The maximum Gasteiger partial charge on any atom is 0.338 e. The lowest BCUT2D eigenvalue weighted by Crippen LogP contribution is -2.30. The van der Waals surface area contributed by atoms with Crippen molar-refractivity contribution < 1.29 is 38.4 Å². The van der Waals surface area contributed by atoms with Crippen molar-refractivity contribution in [3.63, 3.8) is 0 Å². The second-order valence-electron chi connectivity index (χ2n) is 12.4. The summed E-state index contributed by atoms with van der Waals surface area (Å²) in [5.74, 6) is -0.258. The van der Waals surface area contributed by atoms with Gasteiger partial charge in [0.05, 0.1) is 56.9 Å². The number of hydrogen-bond donors (Lipinski definition) is 1. The van der Waals surface area contributed by atoms with E-state index < -0.39 is 11.9 Å². The molecule has 0 aliphatic carbocycles. The number of aromatic carboxylic acids is 1. The highest BCUT2D eigenvalue weighted by molar-refractivity contribution is 8.00. The van der Waals surface area contributed by atoms with E-state index in [4.69, 9.17) is 23.7 Å². The van der Waals surface area contributed by atoms with Crippen molar-refractivity contribution in [2.45, 2.75) is 68.8 Å². The number of nitrogens with zero attached hydrogens (tertiary/aromatic N) is 4. The summed E-state index contributed by atoms with van der Waals surface area (Å²) in [4.78, 5) is 43.4. The summed E-state index contributed by atoms with van der Waals surface area (Å²) in [6, 6.07) is 7.60. The zero-order valence-corrected chi connectivity index (χ0v) is 29.5. The van der Waals surface area contributed by atoms with Crippen LogP contribution in [0.1, 0.15) is 67.8 Å². The second kappa shape index (κ2) is 15.7.